The zero-order valence-corrected chi connectivity index (χ0v) is 12.8. The molecule has 1 aromatic carbocycles. The van der Waals surface area contributed by atoms with Gasteiger partial charge in [0.2, 0.25) is 10.0 Å². The number of thiophene rings is 1. The molecule has 4 nitrogen and oxygen atoms in total. The van der Waals surface area contributed by atoms with Crippen molar-refractivity contribution in [3.63, 3.8) is 0 Å². The molecule has 0 saturated carbocycles. The van der Waals surface area contributed by atoms with Gasteiger partial charge in [0.25, 0.3) is 0 Å². The van der Waals surface area contributed by atoms with E-state index >= 15 is 0 Å². The Balaban J connectivity index is 2.01. The van der Waals surface area contributed by atoms with Gasteiger partial charge in [-0.05, 0) is 53.4 Å². The maximum Gasteiger partial charge on any atom is 0.243 e. The second-order valence-electron chi connectivity index (χ2n) is 5.05. The molecule has 3 rings (SSSR count). The van der Waals surface area contributed by atoms with Gasteiger partial charge < -0.3 is 5.73 Å². The van der Waals surface area contributed by atoms with Crippen LogP contribution in [-0.2, 0) is 10.0 Å². The summed E-state index contributed by atoms with van der Waals surface area (Å²) in [4.78, 5) is -0.0814. The Hall–Kier alpha value is -1.44. The van der Waals surface area contributed by atoms with Crippen LogP contribution in [0.2, 0.25) is 0 Å². The first-order valence-electron chi connectivity index (χ1n) is 6.58. The van der Waals surface area contributed by atoms with Crippen LogP contribution >= 0.6 is 11.3 Å². The van der Waals surface area contributed by atoms with Crippen molar-refractivity contribution in [1.82, 2.24) is 4.31 Å². The quantitative estimate of drug-likeness (QED) is 0.882. The number of anilines is 1. The number of hydrogen-bond acceptors (Lipinski definition) is 4. The zero-order valence-electron chi connectivity index (χ0n) is 11.2. The largest absolute Gasteiger partial charge is 0.399 e. The van der Waals surface area contributed by atoms with Crippen LogP contribution in [0.25, 0.3) is 0 Å². The molecule has 1 aliphatic rings. The molecule has 1 aliphatic heterocycles. The second-order valence-corrected chi connectivity index (χ2v) is 7.72. The lowest BCUT2D eigenvalue weighted by atomic mass is 10.1. The molecule has 1 fully saturated rings. The number of halogens is 1. The van der Waals surface area contributed by atoms with Gasteiger partial charge in [-0.3, -0.25) is 0 Å². The minimum atomic E-state index is -3.74. The molecule has 2 aromatic rings. The third-order valence-electron chi connectivity index (χ3n) is 3.63. The van der Waals surface area contributed by atoms with E-state index in [4.69, 9.17) is 5.73 Å². The Morgan fingerprint density at radius 1 is 1.33 bits per heavy atom. The van der Waals surface area contributed by atoms with Crippen molar-refractivity contribution in [2.75, 3.05) is 12.3 Å². The van der Waals surface area contributed by atoms with E-state index in [1.807, 2.05) is 16.8 Å². The Bertz CT molecular complexity index is 724. The molecule has 0 radical (unpaired) electrons. The van der Waals surface area contributed by atoms with Gasteiger partial charge in [0.15, 0.2) is 0 Å². The fourth-order valence-electron chi connectivity index (χ4n) is 2.69. The number of hydrogen-bond donors (Lipinski definition) is 1. The van der Waals surface area contributed by atoms with E-state index in [0.29, 0.717) is 6.54 Å². The molecular formula is C14H15FN2O2S2. The summed E-state index contributed by atoms with van der Waals surface area (Å²) in [6, 6.07) is 5.20. The average molecular weight is 326 g/mol. The smallest absolute Gasteiger partial charge is 0.243 e. The van der Waals surface area contributed by atoms with Gasteiger partial charge in [-0.1, -0.05) is 0 Å². The Morgan fingerprint density at radius 2 is 2.14 bits per heavy atom. The molecule has 1 saturated heterocycles. The average Bonchev–Trinajstić information content (AvgIpc) is 3.08. The first kappa shape index (κ1) is 14.5. The van der Waals surface area contributed by atoms with Crippen molar-refractivity contribution in [3.8, 4) is 0 Å². The van der Waals surface area contributed by atoms with Crippen LogP contribution in [0.4, 0.5) is 10.1 Å². The predicted octanol–water partition coefficient (Wildman–Crippen LogP) is 3.00. The molecule has 2 heterocycles. The number of rotatable bonds is 3. The van der Waals surface area contributed by atoms with Gasteiger partial charge in [-0.2, -0.15) is 15.6 Å². The highest BCUT2D eigenvalue weighted by Crippen LogP contribution is 2.37. The van der Waals surface area contributed by atoms with E-state index in [-0.39, 0.29) is 16.6 Å². The molecule has 1 unspecified atom stereocenters. The zero-order chi connectivity index (χ0) is 15.0. The Kier molecular flexibility index (Phi) is 3.73. The lowest BCUT2D eigenvalue weighted by Gasteiger charge is -2.23. The van der Waals surface area contributed by atoms with Crippen LogP contribution in [0.1, 0.15) is 24.4 Å². The molecular weight excluding hydrogens is 311 g/mol. The molecule has 0 aliphatic carbocycles. The Labute approximate surface area is 127 Å². The number of nitrogens with zero attached hydrogens (tertiary/aromatic N) is 1. The lowest BCUT2D eigenvalue weighted by Crippen LogP contribution is -2.30. The van der Waals surface area contributed by atoms with Gasteiger partial charge in [0, 0.05) is 12.2 Å². The first-order valence-corrected chi connectivity index (χ1v) is 8.97. The first-order chi connectivity index (χ1) is 9.98. The monoisotopic (exact) mass is 326 g/mol. The van der Waals surface area contributed by atoms with Gasteiger partial charge in [-0.15, -0.1) is 0 Å². The van der Waals surface area contributed by atoms with Crippen molar-refractivity contribution < 1.29 is 12.8 Å². The molecule has 1 aromatic heterocycles. The van der Waals surface area contributed by atoms with Crippen LogP contribution < -0.4 is 5.73 Å². The van der Waals surface area contributed by atoms with Gasteiger partial charge in [0.05, 0.1) is 10.9 Å². The SMILES string of the molecule is Nc1cc(F)cc(S(=O)(=O)N2CCCC2c2ccsc2)c1. The molecule has 0 spiro atoms. The minimum Gasteiger partial charge on any atom is -0.399 e. The molecule has 0 bridgehead atoms. The van der Waals surface area contributed by atoms with Gasteiger partial charge >= 0.3 is 0 Å². The van der Waals surface area contributed by atoms with Crippen molar-refractivity contribution >= 4 is 27.0 Å². The highest BCUT2D eigenvalue weighted by molar-refractivity contribution is 7.89. The van der Waals surface area contributed by atoms with Gasteiger partial charge in [-0.25, -0.2) is 12.8 Å². The van der Waals surface area contributed by atoms with Crippen molar-refractivity contribution in [3.05, 3.63) is 46.4 Å². The summed E-state index contributed by atoms with van der Waals surface area (Å²) in [5.74, 6) is -0.639. The minimum absolute atomic E-state index is 0.0814. The summed E-state index contributed by atoms with van der Waals surface area (Å²) in [6.07, 6.45) is 1.57. The van der Waals surface area contributed by atoms with E-state index < -0.39 is 15.8 Å². The molecule has 21 heavy (non-hydrogen) atoms. The summed E-state index contributed by atoms with van der Waals surface area (Å²) >= 11 is 1.54. The number of nitrogens with two attached hydrogens (primary N) is 1. The topological polar surface area (TPSA) is 63.4 Å². The fraction of sp³-hybridized carbons (Fsp3) is 0.286. The maximum absolute atomic E-state index is 13.5. The Morgan fingerprint density at radius 3 is 2.81 bits per heavy atom. The molecule has 7 heteroatoms. The number of nitrogen functional groups attached to an aromatic ring is 1. The van der Waals surface area contributed by atoms with E-state index in [0.717, 1.165) is 30.5 Å². The summed E-state index contributed by atoms with van der Waals surface area (Å²) in [5.41, 5.74) is 6.66. The highest BCUT2D eigenvalue weighted by atomic mass is 32.2. The van der Waals surface area contributed by atoms with E-state index in [1.165, 1.54) is 21.7 Å². The number of benzene rings is 1. The van der Waals surface area contributed by atoms with Crippen molar-refractivity contribution in [2.24, 2.45) is 0 Å². The van der Waals surface area contributed by atoms with Crippen LogP contribution in [0.15, 0.2) is 39.9 Å². The van der Waals surface area contributed by atoms with Crippen molar-refractivity contribution in [2.45, 2.75) is 23.8 Å². The summed E-state index contributed by atoms with van der Waals surface area (Å²) < 4.78 is 40.4. The molecule has 0 amide bonds. The summed E-state index contributed by atoms with van der Waals surface area (Å²) in [7, 11) is -3.74. The van der Waals surface area contributed by atoms with E-state index in [2.05, 4.69) is 0 Å². The molecule has 1 atom stereocenters. The van der Waals surface area contributed by atoms with Crippen LogP contribution in [0, 0.1) is 5.82 Å². The number of sulfonamides is 1. The van der Waals surface area contributed by atoms with Crippen LogP contribution in [0.5, 0.6) is 0 Å². The lowest BCUT2D eigenvalue weighted by molar-refractivity contribution is 0.397. The standard InChI is InChI=1S/C14H15FN2O2S2/c15-11-6-12(16)8-13(7-11)21(18,19)17-4-1-2-14(17)10-3-5-20-9-10/h3,5-9,14H,1-2,4,16H2. The summed E-state index contributed by atoms with van der Waals surface area (Å²) in [6.45, 7) is 0.444. The highest BCUT2D eigenvalue weighted by Gasteiger charge is 2.36. The van der Waals surface area contributed by atoms with E-state index in [9.17, 15) is 12.8 Å². The van der Waals surface area contributed by atoms with Crippen LogP contribution in [0.3, 0.4) is 0 Å². The van der Waals surface area contributed by atoms with Crippen LogP contribution in [-0.4, -0.2) is 19.3 Å². The summed E-state index contributed by atoms with van der Waals surface area (Å²) in [5, 5.41) is 3.89. The third kappa shape index (κ3) is 2.68. The van der Waals surface area contributed by atoms with Crippen molar-refractivity contribution in [1.29, 1.82) is 0 Å². The second kappa shape index (κ2) is 5.40. The third-order valence-corrected chi connectivity index (χ3v) is 6.22. The molecule has 112 valence electrons. The van der Waals surface area contributed by atoms with E-state index in [1.54, 1.807) is 0 Å². The fourth-order valence-corrected chi connectivity index (χ4v) is 5.15. The maximum atomic E-state index is 13.5. The normalized spacial score (nSPS) is 20.0. The molecule has 2 N–H and O–H groups in total. The predicted molar refractivity (Wildman–Crippen MR) is 81.0 cm³/mol. The van der Waals surface area contributed by atoms with Gasteiger partial charge in [0.1, 0.15) is 5.82 Å².